The van der Waals surface area contributed by atoms with E-state index >= 15 is 0 Å². The van der Waals surface area contributed by atoms with Gasteiger partial charge in [0.1, 0.15) is 0 Å². The Bertz CT molecular complexity index is 747. The van der Waals surface area contributed by atoms with Crippen molar-refractivity contribution >= 4 is 34.9 Å². The van der Waals surface area contributed by atoms with Gasteiger partial charge >= 0.3 is 5.97 Å². The smallest absolute Gasteiger partial charge is 0.380 e. The number of para-hydroxylation sites is 1. The standard InChI is InChI=1S/C16H16ClN5O2/c1-11(2)24-16(23)15(22-20-14-9-5-6-10-18-14)21-19-13-8-4-3-7-12(13)17/h3-11,19H,1-2H3/b21-15-,22-20?. The SMILES string of the molecule is CC(C)OC(=O)/C(N=Nc1ccccn1)=N/Nc1ccccc1Cl. The van der Waals surface area contributed by atoms with Gasteiger partial charge in [-0.15, -0.1) is 15.3 Å². The zero-order valence-electron chi connectivity index (χ0n) is 13.2. The molecule has 2 rings (SSSR count). The molecule has 0 aliphatic rings. The molecule has 24 heavy (non-hydrogen) atoms. The van der Waals surface area contributed by atoms with E-state index in [1.165, 1.54) is 0 Å². The molecule has 0 amide bonds. The molecule has 1 aromatic carbocycles. The Labute approximate surface area is 144 Å². The number of benzene rings is 1. The van der Waals surface area contributed by atoms with Crippen molar-refractivity contribution in [1.29, 1.82) is 0 Å². The average Bonchev–Trinajstić information content (AvgIpc) is 2.56. The molecule has 0 unspecified atom stereocenters. The highest BCUT2D eigenvalue weighted by Crippen LogP contribution is 2.20. The zero-order valence-corrected chi connectivity index (χ0v) is 13.9. The second-order valence-electron chi connectivity index (χ2n) is 4.87. The van der Waals surface area contributed by atoms with Crippen LogP contribution >= 0.6 is 11.6 Å². The Balaban J connectivity index is 2.22. The minimum Gasteiger partial charge on any atom is -0.457 e. The number of pyridine rings is 1. The monoisotopic (exact) mass is 345 g/mol. The fourth-order valence-corrected chi connectivity index (χ4v) is 1.73. The summed E-state index contributed by atoms with van der Waals surface area (Å²) in [5.41, 5.74) is 3.21. The van der Waals surface area contributed by atoms with Crippen LogP contribution in [0.2, 0.25) is 5.02 Å². The van der Waals surface area contributed by atoms with Gasteiger partial charge in [-0.2, -0.15) is 0 Å². The number of azo groups is 1. The molecule has 0 bridgehead atoms. The third-order valence-corrected chi connectivity index (χ3v) is 2.91. The van der Waals surface area contributed by atoms with Gasteiger partial charge in [0, 0.05) is 6.20 Å². The molecule has 0 saturated carbocycles. The van der Waals surface area contributed by atoms with Crippen molar-refractivity contribution < 1.29 is 9.53 Å². The van der Waals surface area contributed by atoms with Crippen molar-refractivity contribution in [3.63, 3.8) is 0 Å². The lowest BCUT2D eigenvalue weighted by atomic mass is 10.3. The molecule has 0 atom stereocenters. The fourth-order valence-electron chi connectivity index (χ4n) is 1.55. The highest BCUT2D eigenvalue weighted by molar-refractivity contribution is 6.36. The number of ether oxygens (including phenoxy) is 1. The van der Waals surface area contributed by atoms with Crippen LogP contribution in [0.1, 0.15) is 13.8 Å². The van der Waals surface area contributed by atoms with Crippen LogP contribution in [-0.4, -0.2) is 22.9 Å². The van der Waals surface area contributed by atoms with E-state index in [1.807, 2.05) is 0 Å². The van der Waals surface area contributed by atoms with E-state index in [9.17, 15) is 4.79 Å². The van der Waals surface area contributed by atoms with Crippen LogP contribution < -0.4 is 5.43 Å². The third kappa shape index (κ3) is 5.44. The van der Waals surface area contributed by atoms with Crippen molar-refractivity contribution in [3.8, 4) is 0 Å². The first-order valence-corrected chi connectivity index (χ1v) is 7.56. The molecule has 0 spiro atoms. The molecule has 0 aliphatic carbocycles. The predicted molar refractivity (Wildman–Crippen MR) is 92.5 cm³/mol. The molecule has 0 saturated heterocycles. The van der Waals surface area contributed by atoms with Crippen LogP contribution in [0.4, 0.5) is 11.5 Å². The largest absolute Gasteiger partial charge is 0.457 e. The first-order chi connectivity index (χ1) is 11.6. The molecule has 0 radical (unpaired) electrons. The Morgan fingerprint density at radius 3 is 2.62 bits per heavy atom. The number of esters is 1. The van der Waals surface area contributed by atoms with E-state index in [-0.39, 0.29) is 11.9 Å². The van der Waals surface area contributed by atoms with Gasteiger partial charge in [0.05, 0.1) is 16.8 Å². The number of aromatic nitrogens is 1. The number of halogens is 1. The Hall–Kier alpha value is -2.80. The highest BCUT2D eigenvalue weighted by Gasteiger charge is 2.15. The van der Waals surface area contributed by atoms with E-state index in [4.69, 9.17) is 16.3 Å². The number of rotatable bonds is 4. The lowest BCUT2D eigenvalue weighted by molar-refractivity contribution is -0.139. The summed E-state index contributed by atoms with van der Waals surface area (Å²) in [5.74, 6) is -0.598. The number of hydrogen-bond acceptors (Lipinski definition) is 6. The van der Waals surface area contributed by atoms with Crippen LogP contribution in [0.5, 0.6) is 0 Å². The maximum absolute atomic E-state index is 12.1. The summed E-state index contributed by atoms with van der Waals surface area (Å²) in [6.45, 7) is 3.46. The molecule has 124 valence electrons. The van der Waals surface area contributed by atoms with Crippen molar-refractivity contribution in [2.24, 2.45) is 15.3 Å². The van der Waals surface area contributed by atoms with Gasteiger partial charge in [0.2, 0.25) is 0 Å². The summed E-state index contributed by atoms with van der Waals surface area (Å²) in [6.07, 6.45) is 1.26. The van der Waals surface area contributed by atoms with Gasteiger partial charge in [-0.25, -0.2) is 9.78 Å². The normalized spacial score (nSPS) is 11.8. The van der Waals surface area contributed by atoms with Crippen molar-refractivity contribution in [3.05, 3.63) is 53.7 Å². The van der Waals surface area contributed by atoms with Gasteiger partial charge in [-0.05, 0) is 38.1 Å². The number of carbonyl (C=O) groups is 1. The number of hydrogen-bond donors (Lipinski definition) is 1. The third-order valence-electron chi connectivity index (χ3n) is 2.58. The van der Waals surface area contributed by atoms with Crippen LogP contribution in [0, 0.1) is 0 Å². The number of nitrogens with zero attached hydrogens (tertiary/aromatic N) is 4. The molecule has 0 aliphatic heterocycles. The van der Waals surface area contributed by atoms with Gasteiger partial charge in [-0.3, -0.25) is 5.43 Å². The van der Waals surface area contributed by atoms with Crippen LogP contribution in [0.25, 0.3) is 0 Å². The van der Waals surface area contributed by atoms with Crippen LogP contribution in [0.15, 0.2) is 64.0 Å². The number of anilines is 1. The van der Waals surface area contributed by atoms with E-state index in [1.54, 1.807) is 62.5 Å². The summed E-state index contributed by atoms with van der Waals surface area (Å²) in [4.78, 5) is 16.1. The summed E-state index contributed by atoms with van der Waals surface area (Å²) < 4.78 is 5.10. The van der Waals surface area contributed by atoms with E-state index in [0.717, 1.165) is 0 Å². The molecule has 7 nitrogen and oxygen atoms in total. The van der Waals surface area contributed by atoms with Crippen LogP contribution in [-0.2, 0) is 9.53 Å². The van der Waals surface area contributed by atoms with Crippen molar-refractivity contribution in [2.45, 2.75) is 20.0 Å². The minimum absolute atomic E-state index is 0.241. The minimum atomic E-state index is -0.704. The predicted octanol–water partition coefficient (Wildman–Crippen LogP) is 4.20. The fraction of sp³-hybridized carbons (Fsp3) is 0.188. The molecule has 0 fully saturated rings. The van der Waals surface area contributed by atoms with Gasteiger partial charge in [0.25, 0.3) is 5.84 Å². The Morgan fingerprint density at radius 1 is 1.21 bits per heavy atom. The number of amidine groups is 1. The first-order valence-electron chi connectivity index (χ1n) is 7.18. The zero-order chi connectivity index (χ0) is 17.4. The molecule has 8 heteroatoms. The summed E-state index contributed by atoms with van der Waals surface area (Å²) in [6, 6.07) is 12.1. The van der Waals surface area contributed by atoms with Crippen molar-refractivity contribution in [2.75, 3.05) is 5.43 Å². The quantitative estimate of drug-likeness (QED) is 0.296. The second kappa shape index (κ2) is 8.73. The van der Waals surface area contributed by atoms with E-state index in [2.05, 4.69) is 25.7 Å². The average molecular weight is 346 g/mol. The van der Waals surface area contributed by atoms with Gasteiger partial charge < -0.3 is 4.74 Å². The van der Waals surface area contributed by atoms with Crippen LogP contribution in [0.3, 0.4) is 0 Å². The molecule has 2 aromatic rings. The second-order valence-corrected chi connectivity index (χ2v) is 5.28. The summed E-state index contributed by atoms with van der Waals surface area (Å²) in [7, 11) is 0. The molecule has 1 heterocycles. The lowest BCUT2D eigenvalue weighted by Crippen LogP contribution is -2.20. The lowest BCUT2D eigenvalue weighted by Gasteiger charge is -2.07. The molecular formula is C16H16ClN5O2. The van der Waals surface area contributed by atoms with Gasteiger partial charge in [-0.1, -0.05) is 29.8 Å². The molecule has 1 N–H and O–H groups in total. The topological polar surface area (TPSA) is 88.3 Å². The highest BCUT2D eigenvalue weighted by atomic mass is 35.5. The first kappa shape index (κ1) is 17.6. The molecule has 1 aromatic heterocycles. The van der Waals surface area contributed by atoms with E-state index < -0.39 is 5.97 Å². The van der Waals surface area contributed by atoms with Crippen molar-refractivity contribution in [1.82, 2.24) is 4.98 Å². The summed E-state index contributed by atoms with van der Waals surface area (Å²) in [5, 5.41) is 12.1. The Kier molecular flexibility index (Phi) is 6.39. The van der Waals surface area contributed by atoms with Gasteiger partial charge in [0.15, 0.2) is 5.82 Å². The number of carbonyl (C=O) groups excluding carboxylic acids is 1. The summed E-state index contributed by atoms with van der Waals surface area (Å²) >= 11 is 6.03. The Morgan fingerprint density at radius 2 is 1.96 bits per heavy atom. The van der Waals surface area contributed by atoms with E-state index in [0.29, 0.717) is 16.5 Å². The number of nitrogens with one attached hydrogen (secondary N) is 1. The molecular weight excluding hydrogens is 330 g/mol. The maximum Gasteiger partial charge on any atom is 0.380 e. The maximum atomic E-state index is 12.1. The number of hydrazone groups is 1.